The quantitative estimate of drug-likeness (QED) is 0.137. The number of cyclic esters (lactones) is 1. The van der Waals surface area contributed by atoms with Gasteiger partial charge in [-0.15, -0.1) is 0 Å². The number of carbonyl (C=O) groups excluding carboxylic acids is 5. The van der Waals surface area contributed by atoms with Gasteiger partial charge in [-0.25, -0.2) is 4.79 Å². The number of ether oxygens (including phenoxy) is 5. The van der Waals surface area contributed by atoms with Crippen molar-refractivity contribution >= 4 is 42.7 Å². The van der Waals surface area contributed by atoms with E-state index in [9.17, 15) is 41.0 Å². The van der Waals surface area contributed by atoms with Crippen molar-refractivity contribution < 1.29 is 73.3 Å². The number of amides is 1. The Morgan fingerprint density at radius 2 is 1.62 bits per heavy atom. The number of hydrogen-bond donors (Lipinski definition) is 2. The first kappa shape index (κ1) is 49.9. The lowest BCUT2D eigenvalue weighted by molar-refractivity contribution is -0.265. The molecular formula is C59H91NO13Si. The van der Waals surface area contributed by atoms with Gasteiger partial charge in [0.2, 0.25) is 14.1 Å². The number of aliphatic hydroxyl groups is 2. The van der Waals surface area contributed by atoms with Gasteiger partial charge < -0.3 is 43.2 Å². The number of benzene rings is 1. The molecule has 16 atom stereocenters. The number of carbonyl (C=O) groups is 5. The molecule has 4 aliphatic rings. The molecule has 2 N–H and O–H groups in total. The van der Waals surface area contributed by atoms with Gasteiger partial charge in [-0.3, -0.25) is 19.2 Å². The first-order chi connectivity index (χ1) is 38.0. The van der Waals surface area contributed by atoms with E-state index in [0.717, 1.165) is 10.5 Å². The summed E-state index contributed by atoms with van der Waals surface area (Å²) in [6.45, 7) is 15.3. The molecule has 0 radical (unpaired) electrons. The molecule has 1 aromatic rings. The van der Waals surface area contributed by atoms with E-state index in [0.29, 0.717) is 18.0 Å². The van der Waals surface area contributed by atoms with Gasteiger partial charge >= 0.3 is 5.97 Å². The van der Waals surface area contributed by atoms with Crippen LogP contribution in [-0.2, 0) is 52.1 Å². The molecule has 1 aromatic carbocycles. The van der Waals surface area contributed by atoms with Crippen molar-refractivity contribution in [3.63, 3.8) is 0 Å². The first-order valence-electron chi connectivity index (χ1n) is 30.7. The Balaban J connectivity index is 1.54. The zero-order valence-corrected chi connectivity index (χ0v) is 46.7. The molecule has 14 nitrogen and oxygen atoms in total. The Bertz CT molecular complexity index is 2480. The molecule has 15 heteroatoms. The number of aliphatic hydroxyl groups excluding tert-OH is 1. The monoisotopic (exact) mass is 1070 g/mol. The molecule has 0 aromatic heterocycles. The van der Waals surface area contributed by atoms with Gasteiger partial charge in [-0.05, 0) is 125 Å². The minimum atomic E-state index is -3.28. The highest BCUT2D eigenvalue weighted by Crippen LogP contribution is 2.39. The lowest BCUT2D eigenvalue weighted by Gasteiger charge is -2.43. The molecule has 0 spiro atoms. The van der Waals surface area contributed by atoms with Gasteiger partial charge in [-0.1, -0.05) is 102 Å². The van der Waals surface area contributed by atoms with Gasteiger partial charge in [0.1, 0.15) is 24.0 Å². The average Bonchev–Trinajstić information content (AvgIpc) is 3.40. The second-order valence-electron chi connectivity index (χ2n) is 22.1. The smallest absolute Gasteiger partial charge is 0.329 e. The summed E-state index contributed by atoms with van der Waals surface area (Å²) < 4.78 is 108. The molecule has 0 unspecified atom stereocenters. The van der Waals surface area contributed by atoms with Crippen LogP contribution in [-0.4, -0.2) is 135 Å². The summed E-state index contributed by atoms with van der Waals surface area (Å²) in [5.74, 6) is -12.3. The third kappa shape index (κ3) is 16.0. The number of rotatable bonds is 9. The molecule has 1 amide bonds. The number of allylic oxidation sites excluding steroid dienone is 5. The molecule has 1 saturated carbocycles. The summed E-state index contributed by atoms with van der Waals surface area (Å²) >= 11 is 0. The van der Waals surface area contributed by atoms with E-state index < -0.39 is 154 Å². The third-order valence-corrected chi connectivity index (χ3v) is 18.2. The Kier molecular flexibility index (Phi) is 18.9. The van der Waals surface area contributed by atoms with E-state index in [4.69, 9.17) is 32.2 Å². The summed E-state index contributed by atoms with van der Waals surface area (Å²) in [6.07, 6.45) is -4.36. The molecule has 74 heavy (non-hydrogen) atoms. The zero-order valence-electron chi connectivity index (χ0n) is 53.7. The standard InChI is InChI=1S/C59H91NO13Si/c1-37-21-15-13-16-22-38(2)50(68-8)35-45-28-26-43(7)59(67,72-45)56(64)57(65)60-30-20-19-25-47(60)58(66)71-51(36-48(61)39(3)32-42(6)54(63)55(70-10)53(62)41(5)31-37)40(4)33-44-27-29-49(52(34-44)69-9)73-74(11,12)46-23-17-14-18-24-46/h13-18,21-24,37,39-45,47,49-52,54-55,63,67H,19-20,25-36H2,1-12H3/b16-13+,21-15-,38-22+/t37-,39-,40-,41-,42+,43-,44+,45+,47+,49-,50+,51+,52-,54-,55+,59-/m1/s1/i9T3,29T2,47T,49T,52T. The predicted molar refractivity (Wildman–Crippen MR) is 288 cm³/mol. The predicted octanol–water partition coefficient (Wildman–Crippen LogP) is 8.40. The number of methoxy groups -OCH3 is 3. The molecule has 3 aliphatic heterocycles. The number of ketones is 3. The first-order valence-corrected chi connectivity index (χ1v) is 29.7. The van der Waals surface area contributed by atoms with Gasteiger partial charge in [0.05, 0.1) is 38.7 Å². The highest BCUT2D eigenvalue weighted by Gasteiger charge is 2.53. The fourth-order valence-electron chi connectivity index (χ4n) is 10.9. The van der Waals surface area contributed by atoms with Gasteiger partial charge in [-0.2, -0.15) is 0 Å². The Morgan fingerprint density at radius 3 is 2.31 bits per heavy atom. The molecule has 3 fully saturated rings. The number of hydrogen-bond acceptors (Lipinski definition) is 13. The molecular weight excluding hydrogens is 959 g/mol. The molecule has 1 aliphatic carbocycles. The van der Waals surface area contributed by atoms with Crippen molar-refractivity contribution in [2.24, 2.45) is 41.4 Å². The highest BCUT2D eigenvalue weighted by atomic mass is 28.4. The van der Waals surface area contributed by atoms with E-state index in [1.807, 2.05) is 44.2 Å². The van der Waals surface area contributed by atoms with Crippen molar-refractivity contribution in [3.8, 4) is 0 Å². The summed E-state index contributed by atoms with van der Waals surface area (Å²) in [4.78, 5) is 73.2. The number of Topliss-reactive ketones (excluding diaryl/α,β-unsaturated/α-hetero) is 3. The van der Waals surface area contributed by atoms with Crippen LogP contribution < -0.4 is 5.19 Å². The van der Waals surface area contributed by atoms with E-state index in [1.165, 1.54) is 14.2 Å². The van der Waals surface area contributed by atoms with Gasteiger partial charge in [0, 0.05) is 61.1 Å². The summed E-state index contributed by atoms with van der Waals surface area (Å²) in [5.41, 5.74) is 0.806. The fraction of sp³-hybridized carbons (Fsp3) is 0.712. The Labute approximate surface area is 454 Å². The van der Waals surface area contributed by atoms with Crippen molar-refractivity contribution in [1.29, 1.82) is 0 Å². The lowest BCUT2D eigenvalue weighted by atomic mass is 9.78. The molecule has 2 bridgehead atoms. The van der Waals surface area contributed by atoms with Crippen LogP contribution in [0, 0.1) is 41.4 Å². The second-order valence-corrected chi connectivity index (χ2v) is 25.9. The number of fused-ring (bicyclic) bond motifs is 3. The zero-order chi connectivity index (χ0) is 61.6. The van der Waals surface area contributed by atoms with Crippen LogP contribution in [0.2, 0.25) is 13.1 Å². The van der Waals surface area contributed by atoms with E-state index in [2.05, 4.69) is 0 Å². The van der Waals surface area contributed by atoms with Gasteiger partial charge in [0.25, 0.3) is 11.7 Å². The van der Waals surface area contributed by atoms with Crippen molar-refractivity contribution in [2.75, 3.05) is 27.8 Å². The summed E-state index contributed by atoms with van der Waals surface area (Å²) in [6, 6.07) is 6.23. The van der Waals surface area contributed by atoms with Crippen molar-refractivity contribution in [1.82, 2.24) is 4.90 Å². The number of nitrogens with zero attached hydrogens (tertiary/aromatic N) is 1. The SMILES string of the molecule is [3H]C([3H])([3H])O[C@]1([3H])C[C@H](C[C@@H](C)[C@@H]2CC(=O)[C@H](C)C[C@H](C)[C@@H](O)[C@@H](OC)C(=O)[C@H](C)C[C@H](C)\C=C/C=C/C=C(\C)[C@@H](OC)C[C@@H]3CC[C@@H](C)[C@@](O)(O3)C(=O)C(=O)N3CCCC[C@@]3([3H])C(=O)O2)CC([3H])([3H])[C@@]1([3H])O[Si](C)(C)c1ccccc1. The maximum Gasteiger partial charge on any atom is 0.329 e. The minimum Gasteiger partial charge on any atom is -0.460 e. The molecule has 5 rings (SSSR count). The van der Waals surface area contributed by atoms with E-state index >= 15 is 0 Å². The fourth-order valence-corrected chi connectivity index (χ4v) is 12.7. The maximum absolute atomic E-state index is 14.9. The van der Waals surface area contributed by atoms with Crippen LogP contribution in [0.5, 0.6) is 0 Å². The maximum atomic E-state index is 14.9. The average molecular weight is 1070 g/mol. The lowest BCUT2D eigenvalue weighted by Crippen LogP contribution is -2.61. The van der Waals surface area contributed by atoms with Gasteiger partial charge in [0.15, 0.2) is 5.78 Å². The third-order valence-electron chi connectivity index (χ3n) is 15.7. The van der Waals surface area contributed by atoms with E-state index in [-0.39, 0.29) is 63.2 Å². The topological polar surface area (TPSA) is 184 Å². The highest BCUT2D eigenvalue weighted by molar-refractivity contribution is 6.84. The summed E-state index contributed by atoms with van der Waals surface area (Å²) in [7, 11) is -3.70. The van der Waals surface area contributed by atoms with Crippen molar-refractivity contribution in [2.45, 2.75) is 199 Å². The van der Waals surface area contributed by atoms with Crippen LogP contribution in [0.25, 0.3) is 0 Å². The molecule has 3 heterocycles. The summed E-state index contributed by atoms with van der Waals surface area (Å²) in [5, 5.41) is 24.4. The second kappa shape index (κ2) is 28.1. The van der Waals surface area contributed by atoms with Crippen molar-refractivity contribution in [3.05, 3.63) is 66.3 Å². The van der Waals surface area contributed by atoms with Crippen LogP contribution in [0.15, 0.2) is 66.3 Å². The molecule has 414 valence electrons. The van der Waals surface area contributed by atoms with Crippen LogP contribution in [0.3, 0.4) is 0 Å². The number of piperidine rings is 1. The normalized spacial score (nSPS) is 42.9. The van der Waals surface area contributed by atoms with Crippen LogP contribution >= 0.6 is 0 Å². The van der Waals surface area contributed by atoms with Crippen LogP contribution in [0.4, 0.5) is 0 Å². The van der Waals surface area contributed by atoms with E-state index in [1.54, 1.807) is 78.0 Å². The van der Waals surface area contributed by atoms with Crippen LogP contribution in [0.1, 0.15) is 143 Å². The Morgan fingerprint density at radius 1 is 0.892 bits per heavy atom. The largest absolute Gasteiger partial charge is 0.460 e. The minimum absolute atomic E-state index is 0.0446. The Hall–Kier alpha value is -3.67. The molecule has 2 saturated heterocycles. The number of esters is 1.